The van der Waals surface area contributed by atoms with E-state index in [1.165, 1.54) is 0 Å². The largest absolute Gasteiger partial charge is 0.481 e. The van der Waals surface area contributed by atoms with Crippen molar-refractivity contribution in [1.29, 1.82) is 0 Å². The molecule has 0 saturated carbocycles. The molecule has 0 aromatic heterocycles. The number of carbonyl (C=O) groups is 1. The van der Waals surface area contributed by atoms with Crippen molar-refractivity contribution in [3.8, 4) is 0 Å². The van der Waals surface area contributed by atoms with E-state index in [1.807, 2.05) is 26.0 Å². The fourth-order valence-corrected chi connectivity index (χ4v) is 3.00. The van der Waals surface area contributed by atoms with Gasteiger partial charge in [0.2, 0.25) is 0 Å². The first-order chi connectivity index (χ1) is 10.9. The lowest BCUT2D eigenvalue weighted by Crippen LogP contribution is -2.54. The van der Waals surface area contributed by atoms with Crippen molar-refractivity contribution in [1.82, 2.24) is 5.32 Å². The third-order valence-corrected chi connectivity index (χ3v) is 4.07. The minimum atomic E-state index is -0.855. The van der Waals surface area contributed by atoms with Gasteiger partial charge in [0, 0.05) is 24.7 Å². The summed E-state index contributed by atoms with van der Waals surface area (Å²) in [6.07, 6.45) is 3.42. The fourth-order valence-electron chi connectivity index (χ4n) is 3.00. The third-order valence-electron chi connectivity index (χ3n) is 4.07. The number of allylic oxidation sites excluding steroid dienone is 1. The predicted molar refractivity (Wildman–Crippen MR) is 86.9 cm³/mol. The molecule has 1 saturated heterocycles. The Kier molecular flexibility index (Phi) is 8.72. The SMILES string of the molecule is C/C=C\C1CC(CC(=O)O)NC1C(N)C(O)COC(C)OCC. The van der Waals surface area contributed by atoms with Gasteiger partial charge in [0.05, 0.1) is 19.1 Å². The van der Waals surface area contributed by atoms with Gasteiger partial charge < -0.3 is 30.7 Å². The number of aliphatic hydroxyl groups excluding tert-OH is 1. The molecule has 0 bridgehead atoms. The van der Waals surface area contributed by atoms with Crippen LogP contribution in [0.4, 0.5) is 0 Å². The normalized spacial score (nSPS) is 28.8. The lowest BCUT2D eigenvalue weighted by atomic mass is 9.91. The van der Waals surface area contributed by atoms with Crippen LogP contribution in [0.2, 0.25) is 0 Å². The van der Waals surface area contributed by atoms with Gasteiger partial charge in [-0.15, -0.1) is 0 Å². The van der Waals surface area contributed by atoms with Gasteiger partial charge in [-0.3, -0.25) is 4.79 Å². The lowest BCUT2D eigenvalue weighted by Gasteiger charge is -2.29. The smallest absolute Gasteiger partial charge is 0.304 e. The van der Waals surface area contributed by atoms with Crippen molar-refractivity contribution in [2.75, 3.05) is 13.2 Å². The Hall–Kier alpha value is -0.990. The Labute approximate surface area is 137 Å². The lowest BCUT2D eigenvalue weighted by molar-refractivity contribution is -0.146. The molecular formula is C16H30N2O5. The predicted octanol–water partition coefficient (Wildman–Crippen LogP) is 0.471. The summed E-state index contributed by atoms with van der Waals surface area (Å²) in [4.78, 5) is 10.9. The molecule has 0 aromatic carbocycles. The van der Waals surface area contributed by atoms with Crippen LogP contribution in [0.1, 0.15) is 33.6 Å². The summed E-state index contributed by atoms with van der Waals surface area (Å²) in [5, 5.41) is 22.5. The molecule has 1 fully saturated rings. The van der Waals surface area contributed by atoms with Gasteiger partial charge in [-0.05, 0) is 33.1 Å². The maximum absolute atomic E-state index is 10.9. The van der Waals surface area contributed by atoms with E-state index in [9.17, 15) is 9.90 Å². The topological polar surface area (TPSA) is 114 Å². The van der Waals surface area contributed by atoms with E-state index in [-0.39, 0.29) is 31.0 Å². The molecule has 6 unspecified atom stereocenters. The molecule has 0 radical (unpaired) electrons. The molecule has 0 spiro atoms. The minimum Gasteiger partial charge on any atom is -0.481 e. The van der Waals surface area contributed by atoms with Crippen molar-refractivity contribution in [2.45, 2.75) is 64.1 Å². The molecule has 1 heterocycles. The van der Waals surface area contributed by atoms with Crippen molar-refractivity contribution in [2.24, 2.45) is 11.7 Å². The first-order valence-electron chi connectivity index (χ1n) is 8.16. The molecule has 6 atom stereocenters. The zero-order valence-electron chi connectivity index (χ0n) is 14.1. The minimum absolute atomic E-state index is 0.0469. The Morgan fingerprint density at radius 3 is 2.74 bits per heavy atom. The van der Waals surface area contributed by atoms with Gasteiger partial charge in [-0.25, -0.2) is 0 Å². The summed E-state index contributed by atoms with van der Waals surface area (Å²) in [6, 6.07) is -0.874. The zero-order valence-corrected chi connectivity index (χ0v) is 14.1. The number of hydrogen-bond acceptors (Lipinski definition) is 6. The summed E-state index contributed by atoms with van der Waals surface area (Å²) in [6.45, 7) is 6.16. The van der Waals surface area contributed by atoms with Crippen LogP contribution in [0.15, 0.2) is 12.2 Å². The molecule has 23 heavy (non-hydrogen) atoms. The van der Waals surface area contributed by atoms with Crippen molar-refractivity contribution in [3.63, 3.8) is 0 Å². The Morgan fingerprint density at radius 2 is 2.17 bits per heavy atom. The van der Waals surface area contributed by atoms with Crippen LogP contribution in [0, 0.1) is 5.92 Å². The molecule has 1 aliphatic heterocycles. The van der Waals surface area contributed by atoms with Gasteiger partial charge in [0.15, 0.2) is 6.29 Å². The second-order valence-electron chi connectivity index (χ2n) is 5.91. The van der Waals surface area contributed by atoms with Crippen LogP contribution in [0.25, 0.3) is 0 Å². The maximum atomic E-state index is 10.9. The highest BCUT2D eigenvalue weighted by Crippen LogP contribution is 2.26. The van der Waals surface area contributed by atoms with Crippen LogP contribution in [-0.2, 0) is 14.3 Å². The molecule has 7 heteroatoms. The molecule has 1 aliphatic rings. The number of nitrogens with one attached hydrogen (secondary N) is 1. The van der Waals surface area contributed by atoms with Crippen molar-refractivity contribution in [3.05, 3.63) is 12.2 Å². The number of aliphatic hydroxyl groups is 1. The van der Waals surface area contributed by atoms with Gasteiger partial charge in [-0.2, -0.15) is 0 Å². The van der Waals surface area contributed by atoms with E-state index >= 15 is 0 Å². The first-order valence-corrected chi connectivity index (χ1v) is 8.16. The highest BCUT2D eigenvalue weighted by molar-refractivity contribution is 5.67. The van der Waals surface area contributed by atoms with Crippen molar-refractivity contribution >= 4 is 5.97 Å². The van der Waals surface area contributed by atoms with Crippen molar-refractivity contribution < 1.29 is 24.5 Å². The maximum Gasteiger partial charge on any atom is 0.304 e. The second-order valence-corrected chi connectivity index (χ2v) is 5.91. The number of carboxylic acids is 1. The molecule has 0 amide bonds. The molecule has 134 valence electrons. The molecular weight excluding hydrogens is 300 g/mol. The first kappa shape index (κ1) is 20.1. The van der Waals surface area contributed by atoms with Gasteiger partial charge in [0.25, 0.3) is 0 Å². The summed E-state index contributed by atoms with van der Waals surface area (Å²) in [7, 11) is 0. The number of ether oxygens (including phenoxy) is 2. The van der Waals surface area contributed by atoms with E-state index in [0.717, 1.165) is 0 Å². The molecule has 0 aromatic rings. The molecule has 0 aliphatic carbocycles. The summed E-state index contributed by atoms with van der Waals surface area (Å²) < 4.78 is 10.7. The molecule has 5 N–H and O–H groups in total. The van der Waals surface area contributed by atoms with Crippen LogP contribution in [0.3, 0.4) is 0 Å². The quantitative estimate of drug-likeness (QED) is 0.340. The van der Waals surface area contributed by atoms with Gasteiger partial charge in [-0.1, -0.05) is 12.2 Å². The highest BCUT2D eigenvalue weighted by Gasteiger charge is 2.39. The number of carboxylic acid groups (broad SMARTS) is 1. The Bertz CT molecular complexity index is 391. The average molecular weight is 330 g/mol. The third kappa shape index (κ3) is 6.56. The standard InChI is InChI=1S/C16H30N2O5/c1-4-6-11-7-12(8-14(20)21)18-16(11)15(17)13(19)9-23-10(3)22-5-2/h4,6,10-13,15-16,18-19H,5,7-9,17H2,1-3H3,(H,20,21)/b6-4-. The molecule has 7 nitrogen and oxygen atoms in total. The second kappa shape index (κ2) is 10.00. The van der Waals surface area contributed by atoms with Crippen LogP contribution >= 0.6 is 0 Å². The zero-order chi connectivity index (χ0) is 17.4. The molecule has 1 rings (SSSR count). The van der Waals surface area contributed by atoms with E-state index in [2.05, 4.69) is 5.32 Å². The number of rotatable bonds is 10. The van der Waals surface area contributed by atoms with Crippen LogP contribution < -0.4 is 11.1 Å². The average Bonchev–Trinajstić information content (AvgIpc) is 2.86. The highest BCUT2D eigenvalue weighted by atomic mass is 16.7. The summed E-state index contributed by atoms with van der Waals surface area (Å²) in [5.41, 5.74) is 6.18. The Morgan fingerprint density at radius 1 is 1.48 bits per heavy atom. The van der Waals surface area contributed by atoms with Crippen LogP contribution in [-0.4, -0.2) is 59.9 Å². The number of nitrogens with two attached hydrogens (primary N) is 1. The van der Waals surface area contributed by atoms with Gasteiger partial charge >= 0.3 is 5.97 Å². The van der Waals surface area contributed by atoms with Gasteiger partial charge in [0.1, 0.15) is 0 Å². The fraction of sp³-hybridized carbons (Fsp3) is 0.812. The van der Waals surface area contributed by atoms with E-state index < -0.39 is 24.4 Å². The Balaban J connectivity index is 2.59. The van der Waals surface area contributed by atoms with Crippen LogP contribution in [0.5, 0.6) is 0 Å². The summed E-state index contributed by atoms with van der Waals surface area (Å²) in [5.74, 6) is -0.747. The van der Waals surface area contributed by atoms with E-state index in [1.54, 1.807) is 6.92 Å². The summed E-state index contributed by atoms with van der Waals surface area (Å²) >= 11 is 0. The number of hydrogen-bond donors (Lipinski definition) is 4. The van der Waals surface area contributed by atoms with E-state index in [4.69, 9.17) is 20.3 Å². The number of aliphatic carboxylic acids is 1. The monoisotopic (exact) mass is 330 g/mol. The van der Waals surface area contributed by atoms with E-state index in [0.29, 0.717) is 13.0 Å².